The van der Waals surface area contributed by atoms with Crippen molar-refractivity contribution in [3.05, 3.63) is 65.9 Å². The molecule has 2 saturated heterocycles. The number of nitrogens with zero attached hydrogens (tertiary/aromatic N) is 3. The van der Waals surface area contributed by atoms with Crippen LogP contribution in [0.25, 0.3) is 0 Å². The zero-order chi connectivity index (χ0) is 24.5. The molecule has 2 heterocycles. The number of piperidine rings is 1. The molecule has 0 saturated carbocycles. The van der Waals surface area contributed by atoms with E-state index in [1.165, 1.54) is 37.1 Å². The Morgan fingerprint density at radius 1 is 0.973 bits per heavy atom. The topological polar surface area (TPSA) is 65.1 Å². The van der Waals surface area contributed by atoms with Gasteiger partial charge in [-0.2, -0.15) is 0 Å². The molecule has 0 radical (unpaired) electrons. The largest absolute Gasteiger partial charge is 0.466 e. The summed E-state index contributed by atoms with van der Waals surface area (Å²) in [4.78, 5) is 30.6. The zero-order valence-electron chi connectivity index (χ0n) is 21.4. The van der Waals surface area contributed by atoms with E-state index in [-0.39, 0.29) is 36.9 Å². The maximum Gasteiger partial charge on any atom is 0.312 e. The third-order valence-corrected chi connectivity index (χ3v) is 6.82. The van der Waals surface area contributed by atoms with Crippen molar-refractivity contribution < 1.29 is 14.3 Å². The first-order valence-corrected chi connectivity index (χ1v) is 12.7. The van der Waals surface area contributed by atoms with Crippen LogP contribution in [0.1, 0.15) is 38.2 Å². The zero-order valence-corrected chi connectivity index (χ0v) is 23.1. The molecule has 1 unspecified atom stereocenters. The van der Waals surface area contributed by atoms with Crippen LogP contribution in [0.4, 0.5) is 11.4 Å². The Morgan fingerprint density at radius 3 is 2.32 bits per heavy atom. The van der Waals surface area contributed by atoms with Crippen LogP contribution in [-0.4, -0.2) is 67.2 Å². The Labute approximate surface area is 232 Å². The van der Waals surface area contributed by atoms with Crippen LogP contribution in [-0.2, 0) is 20.9 Å². The molecule has 0 aliphatic carbocycles. The van der Waals surface area contributed by atoms with Gasteiger partial charge in [0.2, 0.25) is 0 Å². The molecule has 2 aliphatic heterocycles. The minimum Gasteiger partial charge on any atom is -0.466 e. The predicted octanol–water partition coefficient (Wildman–Crippen LogP) is 4.75. The van der Waals surface area contributed by atoms with Crippen molar-refractivity contribution in [3.63, 3.8) is 0 Å². The second-order valence-corrected chi connectivity index (χ2v) is 9.19. The van der Waals surface area contributed by atoms with Crippen LogP contribution in [0.15, 0.2) is 60.3 Å². The van der Waals surface area contributed by atoms with Crippen molar-refractivity contribution in [3.8, 4) is 0 Å². The Kier molecular flexibility index (Phi) is 13.0. The summed E-state index contributed by atoms with van der Waals surface area (Å²) >= 11 is 0. The summed E-state index contributed by atoms with van der Waals surface area (Å²) in [6.07, 6.45) is 4.24. The van der Waals surface area contributed by atoms with E-state index in [4.69, 9.17) is 4.74 Å². The summed E-state index contributed by atoms with van der Waals surface area (Å²) in [7, 11) is 0. The predicted molar refractivity (Wildman–Crippen MR) is 153 cm³/mol. The molecule has 0 spiro atoms. The Hall–Kier alpha value is -2.54. The van der Waals surface area contributed by atoms with Crippen molar-refractivity contribution >= 4 is 48.1 Å². The third kappa shape index (κ3) is 8.77. The molecule has 0 amide bonds. The molecule has 1 N–H and O–H groups in total. The lowest BCUT2D eigenvalue weighted by Gasteiger charge is -2.46. The maximum atomic E-state index is 11.6. The summed E-state index contributed by atoms with van der Waals surface area (Å²) in [5.74, 6) is 1.37. The maximum absolute atomic E-state index is 11.6. The van der Waals surface area contributed by atoms with Crippen LogP contribution in [0, 0.1) is 0 Å². The molecule has 1 atom stereocenters. The SMILES string of the molecule is CCOC(=O)CC(=C=O)Nc1ccc(N2CCN(C3CCCCN3Cc3ccccc3)CC2)cc1.Cl.Cl. The summed E-state index contributed by atoms with van der Waals surface area (Å²) in [5, 5.41) is 2.98. The number of piperazine rings is 1. The number of esters is 1. The molecule has 7 nitrogen and oxygen atoms in total. The molecule has 0 aromatic heterocycles. The van der Waals surface area contributed by atoms with E-state index < -0.39 is 5.97 Å². The summed E-state index contributed by atoms with van der Waals surface area (Å²) in [6.45, 7) is 8.30. The number of hydrogen-bond donors (Lipinski definition) is 1. The second-order valence-electron chi connectivity index (χ2n) is 9.19. The van der Waals surface area contributed by atoms with Crippen LogP contribution in [0.3, 0.4) is 0 Å². The van der Waals surface area contributed by atoms with E-state index in [9.17, 15) is 9.59 Å². The number of halogens is 2. The fourth-order valence-corrected chi connectivity index (χ4v) is 5.06. The average molecular weight is 550 g/mol. The number of rotatable bonds is 9. The molecule has 4 rings (SSSR count). The Balaban J connectivity index is 0.00000241. The quantitative estimate of drug-likeness (QED) is 0.358. The minimum atomic E-state index is -0.437. The number of carbonyl (C=O) groups excluding carboxylic acids is 2. The number of nitrogens with one attached hydrogen (secondary N) is 1. The lowest BCUT2D eigenvalue weighted by Crippen LogP contribution is -2.57. The number of likely N-dealkylation sites (tertiary alicyclic amines) is 1. The van der Waals surface area contributed by atoms with E-state index in [2.05, 4.69) is 62.5 Å². The molecule has 2 aromatic carbocycles. The van der Waals surface area contributed by atoms with E-state index in [1.54, 1.807) is 6.92 Å². The second kappa shape index (κ2) is 15.7. The molecule has 2 aromatic rings. The summed E-state index contributed by atoms with van der Waals surface area (Å²) in [5.41, 5.74) is 3.50. The van der Waals surface area contributed by atoms with Gasteiger partial charge in [-0.3, -0.25) is 14.6 Å². The van der Waals surface area contributed by atoms with Gasteiger partial charge in [0.05, 0.1) is 19.2 Å². The lowest BCUT2D eigenvalue weighted by molar-refractivity contribution is -0.142. The average Bonchev–Trinajstić information content (AvgIpc) is 2.90. The molecule has 2 aliphatic rings. The number of ether oxygens (including phenoxy) is 1. The minimum absolute atomic E-state index is 0. The first-order valence-electron chi connectivity index (χ1n) is 12.7. The van der Waals surface area contributed by atoms with Gasteiger partial charge in [-0.05, 0) is 62.6 Å². The third-order valence-electron chi connectivity index (χ3n) is 6.82. The van der Waals surface area contributed by atoms with E-state index >= 15 is 0 Å². The summed E-state index contributed by atoms with van der Waals surface area (Å²) < 4.78 is 4.91. The van der Waals surface area contributed by atoms with Crippen molar-refractivity contribution in [2.75, 3.05) is 49.5 Å². The number of carbonyl (C=O) groups is 1. The highest BCUT2D eigenvalue weighted by molar-refractivity contribution is 5.85. The van der Waals surface area contributed by atoms with Gasteiger partial charge in [0.15, 0.2) is 0 Å². The highest BCUT2D eigenvalue weighted by atomic mass is 35.5. The van der Waals surface area contributed by atoms with E-state index in [0.717, 1.165) is 38.4 Å². The fourth-order valence-electron chi connectivity index (χ4n) is 5.06. The van der Waals surface area contributed by atoms with Crippen LogP contribution >= 0.6 is 24.8 Å². The van der Waals surface area contributed by atoms with Crippen molar-refractivity contribution in [1.29, 1.82) is 0 Å². The molecule has 9 heteroatoms. The van der Waals surface area contributed by atoms with Crippen molar-refractivity contribution in [1.82, 2.24) is 9.80 Å². The van der Waals surface area contributed by atoms with Crippen molar-refractivity contribution in [2.24, 2.45) is 0 Å². The number of benzene rings is 2. The van der Waals surface area contributed by atoms with Gasteiger partial charge in [-0.1, -0.05) is 30.3 Å². The van der Waals surface area contributed by atoms with Gasteiger partial charge < -0.3 is 15.0 Å². The molecule has 2 fully saturated rings. The Morgan fingerprint density at radius 2 is 1.68 bits per heavy atom. The highest BCUT2D eigenvalue weighted by Crippen LogP contribution is 2.26. The fraction of sp³-hybridized carbons (Fsp3) is 0.464. The molecular weight excluding hydrogens is 511 g/mol. The normalized spacial score (nSPS) is 18.1. The summed E-state index contributed by atoms with van der Waals surface area (Å²) in [6, 6.07) is 18.8. The van der Waals surface area contributed by atoms with Gasteiger partial charge in [-0.25, -0.2) is 4.79 Å². The van der Waals surface area contributed by atoms with Gasteiger partial charge in [0.1, 0.15) is 11.6 Å². The van der Waals surface area contributed by atoms with Gasteiger partial charge in [-0.15, -0.1) is 24.8 Å². The van der Waals surface area contributed by atoms with Gasteiger partial charge >= 0.3 is 5.97 Å². The Bertz CT molecular complexity index is 1010. The molecular formula is C28H38Cl2N4O3. The lowest BCUT2D eigenvalue weighted by atomic mass is 10.0. The molecule has 0 bridgehead atoms. The van der Waals surface area contributed by atoms with E-state index in [0.29, 0.717) is 12.8 Å². The molecule has 202 valence electrons. The van der Waals surface area contributed by atoms with E-state index in [1.807, 2.05) is 18.1 Å². The first-order chi connectivity index (χ1) is 17.2. The van der Waals surface area contributed by atoms with Gasteiger partial charge in [0, 0.05) is 44.1 Å². The van der Waals surface area contributed by atoms with Crippen LogP contribution < -0.4 is 10.2 Å². The molecule has 37 heavy (non-hydrogen) atoms. The monoisotopic (exact) mass is 548 g/mol. The highest BCUT2D eigenvalue weighted by Gasteiger charge is 2.30. The standard InChI is InChI=1S/C28H36N4O3.2ClH/c1-2-35-28(34)20-25(22-33)29-24-11-13-26(14-12-24)30-16-18-31(19-17-30)27-10-6-7-15-32(27)21-23-8-4-3-5-9-23;;/h3-5,8-9,11-14,27,29H,2,6-7,10,15-21H2,1H3;2*1H. The number of anilines is 2. The smallest absolute Gasteiger partial charge is 0.312 e. The first kappa shape index (κ1) is 30.7. The number of hydrogen-bond acceptors (Lipinski definition) is 7. The van der Waals surface area contributed by atoms with Crippen molar-refractivity contribution in [2.45, 2.75) is 45.3 Å². The van der Waals surface area contributed by atoms with Crippen LogP contribution in [0.5, 0.6) is 0 Å². The van der Waals surface area contributed by atoms with Gasteiger partial charge in [0.25, 0.3) is 0 Å². The van der Waals surface area contributed by atoms with Crippen LogP contribution in [0.2, 0.25) is 0 Å².